The first kappa shape index (κ1) is 22.2. The minimum atomic E-state index is -1.01. The van der Waals surface area contributed by atoms with Gasteiger partial charge in [0.25, 0.3) is 5.91 Å². The molecule has 4 aromatic rings. The first-order valence-electron chi connectivity index (χ1n) is 13.9. The van der Waals surface area contributed by atoms with E-state index in [-0.39, 0.29) is 23.7 Å². The lowest BCUT2D eigenvalue weighted by Gasteiger charge is -2.49. The number of likely N-dealkylation sites (N-methyl/N-ethyl adjacent to an activating group) is 1. The van der Waals surface area contributed by atoms with Crippen LogP contribution in [0.3, 0.4) is 0 Å². The van der Waals surface area contributed by atoms with E-state index in [1.165, 1.54) is 16.3 Å². The van der Waals surface area contributed by atoms with Gasteiger partial charge in [0.2, 0.25) is 0 Å². The zero-order valence-corrected chi connectivity index (χ0v) is 21.6. The van der Waals surface area contributed by atoms with Crippen LogP contribution in [0, 0.1) is 5.41 Å². The number of benzene rings is 4. The smallest absolute Gasteiger partial charge is 0.253 e. The minimum Gasteiger partial charge on any atom is -0.313 e. The first-order chi connectivity index (χ1) is 18.6. The van der Waals surface area contributed by atoms with Crippen molar-refractivity contribution in [1.82, 2.24) is 4.90 Å². The van der Waals surface area contributed by atoms with Crippen molar-refractivity contribution in [2.75, 3.05) is 18.5 Å². The summed E-state index contributed by atoms with van der Waals surface area (Å²) < 4.78 is 0. The van der Waals surface area contributed by atoms with Crippen LogP contribution in [0.1, 0.15) is 52.2 Å². The van der Waals surface area contributed by atoms with Crippen LogP contribution in [-0.2, 0) is 16.8 Å². The number of nitrogens with zero attached hydrogens (tertiary/aromatic N) is 2. The largest absolute Gasteiger partial charge is 0.313 e. The van der Waals surface area contributed by atoms with Gasteiger partial charge in [0.15, 0.2) is 5.78 Å². The van der Waals surface area contributed by atoms with E-state index in [0.29, 0.717) is 6.42 Å². The predicted octanol–water partition coefficient (Wildman–Crippen LogP) is 6.09. The van der Waals surface area contributed by atoms with Gasteiger partial charge < -0.3 is 4.90 Å². The number of para-hydroxylation sites is 1. The molecule has 4 aliphatic rings. The molecule has 8 rings (SSSR count). The monoisotopic (exact) mass is 498 g/mol. The molecule has 1 aliphatic carbocycles. The number of carbonyl (C=O) groups is 2. The van der Waals surface area contributed by atoms with Crippen molar-refractivity contribution in [1.29, 1.82) is 0 Å². The Kier molecular flexibility index (Phi) is 4.47. The summed E-state index contributed by atoms with van der Waals surface area (Å²) in [6.07, 6.45) is 3.49. The molecule has 0 N–H and O–H groups in total. The number of rotatable bonds is 1. The van der Waals surface area contributed by atoms with E-state index >= 15 is 4.79 Å². The van der Waals surface area contributed by atoms with Crippen LogP contribution in [0.15, 0.2) is 91.0 Å². The van der Waals surface area contributed by atoms with E-state index in [1.807, 2.05) is 48.3 Å². The van der Waals surface area contributed by atoms with Gasteiger partial charge >= 0.3 is 0 Å². The zero-order valence-electron chi connectivity index (χ0n) is 21.6. The third-order valence-corrected chi connectivity index (χ3v) is 10.2. The lowest BCUT2D eigenvalue weighted by Crippen LogP contribution is -2.61. The van der Waals surface area contributed by atoms with E-state index in [2.05, 4.69) is 59.5 Å². The number of carbonyl (C=O) groups excluding carboxylic acids is 2. The Balaban J connectivity index is 1.51. The average Bonchev–Trinajstić information content (AvgIpc) is 3.59. The number of fused-ring (bicyclic) bond motifs is 7. The lowest BCUT2D eigenvalue weighted by molar-refractivity contribution is -0.133. The molecule has 0 aromatic heterocycles. The molecule has 4 nitrogen and oxygen atoms in total. The fourth-order valence-electron chi connectivity index (χ4n) is 8.90. The third kappa shape index (κ3) is 2.41. The van der Waals surface area contributed by atoms with Gasteiger partial charge in [0, 0.05) is 35.8 Å². The quantitative estimate of drug-likeness (QED) is 0.319. The highest BCUT2D eigenvalue weighted by atomic mass is 16.2. The molecule has 4 atom stereocenters. The van der Waals surface area contributed by atoms with Crippen LogP contribution >= 0.6 is 0 Å². The van der Waals surface area contributed by atoms with E-state index in [0.717, 1.165) is 48.2 Å². The SMILES string of the molecule is CN1C(=O)[C@@]2(c3ccccc31)N1CCCC1[C@@H](c1cccc3ccccc13)[C@@]21CCc2ccccc2C1=O. The summed E-state index contributed by atoms with van der Waals surface area (Å²) in [6, 6.07) is 31.5. The van der Waals surface area contributed by atoms with Gasteiger partial charge in [0.05, 0.1) is 5.41 Å². The van der Waals surface area contributed by atoms with E-state index in [9.17, 15) is 4.79 Å². The highest BCUT2D eigenvalue weighted by molar-refractivity contribution is 6.16. The fourth-order valence-corrected chi connectivity index (χ4v) is 8.90. The molecule has 2 saturated heterocycles. The molecule has 3 heterocycles. The summed E-state index contributed by atoms with van der Waals surface area (Å²) in [7, 11) is 1.89. The van der Waals surface area contributed by atoms with E-state index in [1.54, 1.807) is 0 Å². The second-order valence-corrected chi connectivity index (χ2v) is 11.5. The average molecular weight is 499 g/mol. The summed E-state index contributed by atoms with van der Waals surface area (Å²) in [5, 5.41) is 2.38. The van der Waals surface area contributed by atoms with Gasteiger partial charge in [0.1, 0.15) is 5.54 Å². The van der Waals surface area contributed by atoms with Gasteiger partial charge in [-0.25, -0.2) is 0 Å². The Hall–Kier alpha value is -3.76. The normalized spacial score (nSPS) is 29.9. The van der Waals surface area contributed by atoms with Crippen molar-refractivity contribution >= 4 is 28.2 Å². The molecular formula is C34H30N2O2. The van der Waals surface area contributed by atoms with Crippen LogP contribution < -0.4 is 4.90 Å². The van der Waals surface area contributed by atoms with Crippen LogP contribution in [0.4, 0.5) is 5.69 Å². The molecule has 188 valence electrons. The van der Waals surface area contributed by atoms with Crippen molar-refractivity contribution in [2.45, 2.75) is 43.2 Å². The molecule has 1 amide bonds. The number of hydrogen-bond donors (Lipinski definition) is 0. The van der Waals surface area contributed by atoms with Crippen molar-refractivity contribution in [3.63, 3.8) is 0 Å². The fraction of sp³-hybridized carbons (Fsp3) is 0.294. The van der Waals surface area contributed by atoms with Gasteiger partial charge in [-0.05, 0) is 60.2 Å². The molecule has 38 heavy (non-hydrogen) atoms. The highest BCUT2D eigenvalue weighted by Crippen LogP contribution is 2.71. The Morgan fingerprint density at radius 3 is 2.53 bits per heavy atom. The third-order valence-electron chi connectivity index (χ3n) is 10.2. The Morgan fingerprint density at radius 2 is 1.61 bits per heavy atom. The molecule has 4 aromatic carbocycles. The Labute approximate surface area is 222 Å². The molecule has 2 fully saturated rings. The number of ketones is 1. The Morgan fingerprint density at radius 1 is 0.842 bits per heavy atom. The van der Waals surface area contributed by atoms with Crippen LogP contribution in [0.2, 0.25) is 0 Å². The summed E-state index contributed by atoms with van der Waals surface area (Å²) in [6.45, 7) is 0.830. The second kappa shape index (κ2) is 7.64. The predicted molar refractivity (Wildman–Crippen MR) is 149 cm³/mol. The van der Waals surface area contributed by atoms with E-state index < -0.39 is 11.0 Å². The number of aryl methyl sites for hydroxylation is 1. The number of hydrogen-bond acceptors (Lipinski definition) is 3. The van der Waals surface area contributed by atoms with E-state index in [4.69, 9.17) is 0 Å². The maximum atomic E-state index is 15.2. The number of Topliss-reactive ketones (excluding diaryl/α,β-unsaturated/α-hetero) is 1. The molecule has 3 aliphatic heterocycles. The van der Waals surface area contributed by atoms with Crippen molar-refractivity contribution in [2.24, 2.45) is 5.41 Å². The van der Waals surface area contributed by atoms with Gasteiger partial charge in [-0.2, -0.15) is 0 Å². The lowest BCUT2D eigenvalue weighted by atomic mass is 9.52. The number of anilines is 1. The van der Waals surface area contributed by atoms with Gasteiger partial charge in [-0.3, -0.25) is 14.5 Å². The zero-order chi connectivity index (χ0) is 25.6. The summed E-state index contributed by atoms with van der Waals surface area (Å²) in [4.78, 5) is 34.3. The molecule has 2 spiro atoms. The standard InChI is InChI=1S/C34H30N2O2/c1-35-28-17-7-6-16-27(28)34(32(35)38)33(20-19-23-11-3-5-14-25(23)31(33)37)30(29-18-9-21-36(29)34)26-15-8-12-22-10-2-4-13-24(22)26/h2-8,10-17,29-30H,9,18-21H2,1H3/t29?,30-,33-,34-/m1/s1. The van der Waals surface area contributed by atoms with Crippen molar-refractivity contribution in [3.8, 4) is 0 Å². The van der Waals surface area contributed by atoms with Crippen LogP contribution in [0.25, 0.3) is 10.8 Å². The molecule has 4 heteroatoms. The van der Waals surface area contributed by atoms with Crippen molar-refractivity contribution < 1.29 is 9.59 Å². The topological polar surface area (TPSA) is 40.6 Å². The maximum absolute atomic E-state index is 15.2. The molecule has 1 unspecified atom stereocenters. The van der Waals surface area contributed by atoms with Crippen molar-refractivity contribution in [3.05, 3.63) is 113 Å². The number of amides is 1. The summed E-state index contributed by atoms with van der Waals surface area (Å²) in [5.74, 6) is 0.117. The molecule has 0 bridgehead atoms. The van der Waals surface area contributed by atoms with Gasteiger partial charge in [-0.1, -0.05) is 84.9 Å². The minimum absolute atomic E-state index is 0.0565. The second-order valence-electron chi connectivity index (χ2n) is 11.5. The molecule has 0 saturated carbocycles. The van der Waals surface area contributed by atoms with Crippen LogP contribution in [-0.4, -0.2) is 36.2 Å². The maximum Gasteiger partial charge on any atom is 0.253 e. The Bertz CT molecular complexity index is 1650. The molecular weight excluding hydrogens is 468 g/mol. The summed E-state index contributed by atoms with van der Waals surface area (Å²) in [5.41, 5.74) is 3.16. The molecule has 0 radical (unpaired) electrons. The first-order valence-corrected chi connectivity index (χ1v) is 13.9. The highest BCUT2D eigenvalue weighted by Gasteiger charge is 2.78. The van der Waals surface area contributed by atoms with Crippen LogP contribution in [0.5, 0.6) is 0 Å². The summed E-state index contributed by atoms with van der Waals surface area (Å²) >= 11 is 0. The van der Waals surface area contributed by atoms with Gasteiger partial charge in [-0.15, -0.1) is 0 Å².